The van der Waals surface area contributed by atoms with Crippen molar-refractivity contribution in [1.29, 1.82) is 0 Å². The van der Waals surface area contributed by atoms with Crippen LogP contribution in [0.15, 0.2) is 48.5 Å². The molecule has 0 bridgehead atoms. The molecule has 2 aromatic rings. The number of likely N-dealkylation sites (tertiary alicyclic amines) is 1. The third-order valence-corrected chi connectivity index (χ3v) is 5.08. The van der Waals surface area contributed by atoms with Gasteiger partial charge in [-0.05, 0) is 68.9 Å². The molecule has 160 valence electrons. The quantitative estimate of drug-likeness (QED) is 0.788. The standard InChI is InChI=1S/C24H30N2O4/c1-24(2,3)30-23(28)26-11-9-18(10-12-26)19-13-20(22(25)27)15-21(14-19)29-16-17-7-5-4-6-8-17/h4-8,13-15,18H,9-12,16H2,1-3H3,(H2,25,27). The van der Waals surface area contributed by atoms with Crippen molar-refractivity contribution in [3.63, 3.8) is 0 Å². The fourth-order valence-electron chi connectivity index (χ4n) is 3.55. The molecule has 1 aliphatic rings. The van der Waals surface area contributed by atoms with Crippen LogP contribution in [0.1, 0.15) is 61.0 Å². The van der Waals surface area contributed by atoms with Crippen LogP contribution in [0.5, 0.6) is 5.75 Å². The second-order valence-electron chi connectivity index (χ2n) is 8.67. The van der Waals surface area contributed by atoms with E-state index in [-0.39, 0.29) is 12.0 Å². The summed E-state index contributed by atoms with van der Waals surface area (Å²) in [6, 6.07) is 15.4. The number of hydrogen-bond donors (Lipinski definition) is 1. The summed E-state index contributed by atoms with van der Waals surface area (Å²) in [5, 5.41) is 0. The average molecular weight is 411 g/mol. The molecule has 1 aliphatic heterocycles. The van der Waals surface area contributed by atoms with E-state index in [2.05, 4.69) is 0 Å². The zero-order valence-electron chi connectivity index (χ0n) is 17.9. The van der Waals surface area contributed by atoms with E-state index in [1.165, 1.54) is 0 Å². The average Bonchev–Trinajstić information content (AvgIpc) is 2.71. The van der Waals surface area contributed by atoms with Crippen LogP contribution in [0.2, 0.25) is 0 Å². The minimum atomic E-state index is -0.505. The number of nitrogens with two attached hydrogens (primary N) is 1. The van der Waals surface area contributed by atoms with Crippen LogP contribution in [-0.4, -0.2) is 35.6 Å². The number of carbonyl (C=O) groups is 2. The molecule has 6 heteroatoms. The Morgan fingerprint density at radius 2 is 1.73 bits per heavy atom. The zero-order chi connectivity index (χ0) is 21.7. The van der Waals surface area contributed by atoms with Gasteiger partial charge in [0, 0.05) is 18.7 Å². The van der Waals surface area contributed by atoms with Crippen molar-refractivity contribution in [2.24, 2.45) is 5.73 Å². The molecule has 0 saturated carbocycles. The topological polar surface area (TPSA) is 81.9 Å². The van der Waals surface area contributed by atoms with Crippen molar-refractivity contribution in [3.05, 3.63) is 65.2 Å². The smallest absolute Gasteiger partial charge is 0.410 e. The highest BCUT2D eigenvalue weighted by Gasteiger charge is 2.28. The summed E-state index contributed by atoms with van der Waals surface area (Å²) in [6.45, 7) is 7.23. The molecule has 1 fully saturated rings. The molecule has 0 aliphatic carbocycles. The first-order valence-corrected chi connectivity index (χ1v) is 10.3. The Morgan fingerprint density at radius 1 is 1.07 bits per heavy atom. The van der Waals surface area contributed by atoms with Crippen LogP contribution in [0.25, 0.3) is 0 Å². The molecule has 0 aromatic heterocycles. The van der Waals surface area contributed by atoms with Crippen LogP contribution in [0.4, 0.5) is 4.79 Å². The number of hydrogen-bond acceptors (Lipinski definition) is 4. The lowest BCUT2D eigenvalue weighted by Gasteiger charge is -2.33. The minimum absolute atomic E-state index is 0.224. The van der Waals surface area contributed by atoms with Crippen LogP contribution in [0.3, 0.4) is 0 Å². The maximum atomic E-state index is 12.3. The lowest BCUT2D eigenvalue weighted by atomic mass is 9.88. The van der Waals surface area contributed by atoms with Crippen molar-refractivity contribution in [3.8, 4) is 5.75 Å². The molecule has 2 N–H and O–H groups in total. The molecule has 2 aromatic carbocycles. The summed E-state index contributed by atoms with van der Waals surface area (Å²) in [6.07, 6.45) is 1.30. The Balaban J connectivity index is 1.68. The maximum absolute atomic E-state index is 12.3. The first-order chi connectivity index (χ1) is 14.2. The number of piperidine rings is 1. The molecule has 1 saturated heterocycles. The Bertz CT molecular complexity index is 882. The van der Waals surface area contributed by atoms with Gasteiger partial charge in [-0.2, -0.15) is 0 Å². The first-order valence-electron chi connectivity index (χ1n) is 10.3. The van der Waals surface area contributed by atoms with E-state index >= 15 is 0 Å². The third-order valence-electron chi connectivity index (χ3n) is 5.08. The number of carbonyl (C=O) groups excluding carboxylic acids is 2. The highest BCUT2D eigenvalue weighted by Crippen LogP contribution is 2.32. The number of nitrogens with zero attached hydrogens (tertiary/aromatic N) is 1. The highest BCUT2D eigenvalue weighted by atomic mass is 16.6. The zero-order valence-corrected chi connectivity index (χ0v) is 17.9. The van der Waals surface area contributed by atoms with Gasteiger partial charge in [-0.25, -0.2) is 4.79 Å². The second-order valence-corrected chi connectivity index (χ2v) is 8.67. The second kappa shape index (κ2) is 9.20. The summed E-state index contributed by atoms with van der Waals surface area (Å²) in [4.78, 5) is 25.9. The van der Waals surface area contributed by atoms with Gasteiger partial charge >= 0.3 is 6.09 Å². The van der Waals surface area contributed by atoms with Gasteiger partial charge in [-0.1, -0.05) is 30.3 Å². The van der Waals surface area contributed by atoms with Crippen LogP contribution in [-0.2, 0) is 11.3 Å². The Labute approximate surface area is 178 Å². The van der Waals surface area contributed by atoms with Crippen LogP contribution in [0, 0.1) is 0 Å². The lowest BCUT2D eigenvalue weighted by molar-refractivity contribution is 0.0204. The fraction of sp³-hybridized carbons (Fsp3) is 0.417. The van der Waals surface area contributed by atoms with Crippen LogP contribution < -0.4 is 10.5 Å². The van der Waals surface area contributed by atoms with E-state index in [1.807, 2.05) is 63.2 Å². The van der Waals surface area contributed by atoms with Gasteiger partial charge < -0.3 is 20.1 Å². The van der Waals surface area contributed by atoms with E-state index in [9.17, 15) is 9.59 Å². The molecule has 30 heavy (non-hydrogen) atoms. The monoisotopic (exact) mass is 410 g/mol. The predicted octanol–water partition coefficient (Wildman–Crippen LogP) is 4.48. The third kappa shape index (κ3) is 5.99. The van der Waals surface area contributed by atoms with Gasteiger partial charge in [0.1, 0.15) is 18.0 Å². The molecule has 3 rings (SSSR count). The number of primary amides is 1. The molecule has 0 radical (unpaired) electrons. The summed E-state index contributed by atoms with van der Waals surface area (Å²) >= 11 is 0. The summed E-state index contributed by atoms with van der Waals surface area (Å²) in [5.74, 6) is 0.370. The summed E-state index contributed by atoms with van der Waals surface area (Å²) < 4.78 is 11.4. The normalized spacial score (nSPS) is 15.0. The highest BCUT2D eigenvalue weighted by molar-refractivity contribution is 5.93. The lowest BCUT2D eigenvalue weighted by Crippen LogP contribution is -2.41. The van der Waals surface area contributed by atoms with E-state index in [1.54, 1.807) is 11.0 Å². The van der Waals surface area contributed by atoms with E-state index in [0.717, 1.165) is 24.0 Å². The Hall–Kier alpha value is -3.02. The van der Waals surface area contributed by atoms with Crippen molar-refractivity contribution in [1.82, 2.24) is 4.90 Å². The van der Waals surface area contributed by atoms with Crippen LogP contribution >= 0.6 is 0 Å². The first kappa shape index (κ1) is 21.7. The van der Waals surface area contributed by atoms with Gasteiger partial charge in [0.15, 0.2) is 0 Å². The molecule has 2 amide bonds. The maximum Gasteiger partial charge on any atom is 0.410 e. The molecular formula is C24H30N2O4. The molecule has 0 atom stereocenters. The Morgan fingerprint density at radius 3 is 2.33 bits per heavy atom. The predicted molar refractivity (Wildman–Crippen MR) is 116 cm³/mol. The molecule has 6 nitrogen and oxygen atoms in total. The van der Waals surface area contributed by atoms with Crippen molar-refractivity contribution in [2.75, 3.05) is 13.1 Å². The number of benzene rings is 2. The number of ether oxygens (including phenoxy) is 2. The Kier molecular flexibility index (Phi) is 6.65. The fourth-order valence-corrected chi connectivity index (χ4v) is 3.55. The summed E-state index contributed by atoms with van der Waals surface area (Å²) in [5.41, 5.74) is 7.54. The SMILES string of the molecule is CC(C)(C)OC(=O)N1CCC(c2cc(OCc3ccccc3)cc(C(N)=O)c2)CC1. The largest absolute Gasteiger partial charge is 0.489 e. The molecule has 1 heterocycles. The van der Waals surface area contributed by atoms with E-state index in [4.69, 9.17) is 15.2 Å². The van der Waals surface area contributed by atoms with Crippen molar-refractivity contribution >= 4 is 12.0 Å². The van der Waals surface area contributed by atoms with Gasteiger partial charge in [0.2, 0.25) is 5.91 Å². The van der Waals surface area contributed by atoms with E-state index in [0.29, 0.717) is 31.0 Å². The minimum Gasteiger partial charge on any atom is -0.489 e. The van der Waals surface area contributed by atoms with Crippen molar-refractivity contribution in [2.45, 2.75) is 51.7 Å². The van der Waals surface area contributed by atoms with Gasteiger partial charge in [0.25, 0.3) is 0 Å². The molecular weight excluding hydrogens is 380 g/mol. The number of amides is 2. The summed E-state index contributed by atoms with van der Waals surface area (Å²) in [7, 11) is 0. The van der Waals surface area contributed by atoms with Crippen molar-refractivity contribution < 1.29 is 19.1 Å². The molecule has 0 unspecified atom stereocenters. The van der Waals surface area contributed by atoms with Gasteiger partial charge in [-0.3, -0.25) is 4.79 Å². The van der Waals surface area contributed by atoms with Gasteiger partial charge in [-0.15, -0.1) is 0 Å². The number of rotatable bonds is 5. The molecule has 0 spiro atoms. The van der Waals surface area contributed by atoms with Gasteiger partial charge in [0.05, 0.1) is 0 Å². The van der Waals surface area contributed by atoms with E-state index < -0.39 is 11.5 Å².